The third-order valence-corrected chi connectivity index (χ3v) is 5.03. The van der Waals surface area contributed by atoms with Crippen LogP contribution >= 0.6 is 11.6 Å². The minimum Gasteiger partial charge on any atom is -0.454 e. The Kier molecular flexibility index (Phi) is 6.81. The first-order valence-corrected chi connectivity index (χ1v) is 10.1. The Morgan fingerprint density at radius 3 is 2.37 bits per heavy atom. The first kappa shape index (κ1) is 20.7. The number of halogens is 1. The Morgan fingerprint density at radius 2 is 1.74 bits per heavy atom. The fraction of sp³-hybridized carbons (Fsp3) is 0.222. The summed E-state index contributed by atoms with van der Waals surface area (Å²) in [6, 6.07) is 13.4. The summed E-state index contributed by atoms with van der Waals surface area (Å²) in [6.45, 7) is 0.633. The van der Waals surface area contributed by atoms with Crippen LogP contribution in [0.25, 0.3) is 0 Å². The smallest absolute Gasteiger partial charge is 0.327 e. The predicted octanol–water partition coefficient (Wildman–Crippen LogP) is 2.60. The number of nitrogens with zero attached hydrogens (tertiary/aromatic N) is 1. The third-order valence-electron chi connectivity index (χ3n) is 3.57. The monoisotopic (exact) mass is 410 g/mol. The fourth-order valence-electron chi connectivity index (χ4n) is 2.28. The van der Waals surface area contributed by atoms with Crippen LogP contribution in [0, 0.1) is 6.92 Å². The van der Waals surface area contributed by atoms with Gasteiger partial charge < -0.3 is 10.1 Å². The summed E-state index contributed by atoms with van der Waals surface area (Å²) >= 11 is 5.94. The molecule has 2 aromatic rings. The summed E-state index contributed by atoms with van der Waals surface area (Å²) in [6.07, 6.45) is 0.997. The summed E-state index contributed by atoms with van der Waals surface area (Å²) in [5, 5.41) is 2.86. The normalized spacial score (nSPS) is 10.9. The number of hydrogen-bond donors (Lipinski definition) is 1. The molecule has 0 radical (unpaired) electrons. The van der Waals surface area contributed by atoms with E-state index in [9.17, 15) is 18.0 Å². The van der Waals surface area contributed by atoms with Gasteiger partial charge in [-0.1, -0.05) is 41.9 Å². The molecule has 0 heterocycles. The number of anilines is 2. The molecule has 1 N–H and O–H groups in total. The van der Waals surface area contributed by atoms with Gasteiger partial charge in [-0.15, -0.1) is 0 Å². The molecule has 0 aliphatic rings. The molecule has 0 fully saturated rings. The highest BCUT2D eigenvalue weighted by atomic mass is 35.5. The largest absolute Gasteiger partial charge is 0.454 e. The minimum atomic E-state index is -3.71. The molecule has 2 rings (SSSR count). The van der Waals surface area contributed by atoms with E-state index in [1.807, 2.05) is 0 Å². The predicted molar refractivity (Wildman–Crippen MR) is 104 cm³/mol. The van der Waals surface area contributed by atoms with Gasteiger partial charge in [-0.3, -0.25) is 13.9 Å². The van der Waals surface area contributed by atoms with E-state index in [2.05, 4.69) is 5.32 Å². The number of benzene rings is 2. The summed E-state index contributed by atoms with van der Waals surface area (Å²) in [4.78, 5) is 24.0. The molecule has 0 aliphatic heterocycles. The van der Waals surface area contributed by atoms with Crippen molar-refractivity contribution >= 4 is 44.9 Å². The quantitative estimate of drug-likeness (QED) is 0.708. The van der Waals surface area contributed by atoms with Crippen LogP contribution in [0.4, 0.5) is 11.4 Å². The highest BCUT2D eigenvalue weighted by Gasteiger charge is 2.23. The SMILES string of the molecule is Cc1ccccc1N(CC(=O)OCC(=O)Nc1ccccc1Cl)S(C)(=O)=O. The van der Waals surface area contributed by atoms with Gasteiger partial charge in [0.05, 0.1) is 22.7 Å². The first-order valence-electron chi connectivity index (χ1n) is 7.92. The van der Waals surface area contributed by atoms with Gasteiger partial charge in [0.15, 0.2) is 6.61 Å². The van der Waals surface area contributed by atoms with Gasteiger partial charge in [-0.25, -0.2) is 8.42 Å². The number of carbonyl (C=O) groups is 2. The zero-order valence-corrected chi connectivity index (χ0v) is 16.4. The van der Waals surface area contributed by atoms with Crippen LogP contribution in [-0.2, 0) is 24.3 Å². The second-order valence-electron chi connectivity index (χ2n) is 5.74. The lowest BCUT2D eigenvalue weighted by Gasteiger charge is -2.23. The lowest BCUT2D eigenvalue weighted by atomic mass is 10.2. The van der Waals surface area contributed by atoms with Crippen molar-refractivity contribution in [2.24, 2.45) is 0 Å². The Hall–Kier alpha value is -2.58. The number of esters is 1. The highest BCUT2D eigenvalue weighted by Crippen LogP contribution is 2.22. The molecule has 7 nitrogen and oxygen atoms in total. The molecule has 27 heavy (non-hydrogen) atoms. The topological polar surface area (TPSA) is 92.8 Å². The zero-order chi connectivity index (χ0) is 20.0. The van der Waals surface area contributed by atoms with Gasteiger partial charge in [0.1, 0.15) is 6.54 Å². The second kappa shape index (κ2) is 8.88. The van der Waals surface area contributed by atoms with Crippen LogP contribution in [-0.4, -0.2) is 39.7 Å². The number of hydrogen-bond acceptors (Lipinski definition) is 5. The Labute approximate surface area is 162 Å². The number of ether oxygens (including phenoxy) is 1. The molecule has 0 saturated carbocycles. The van der Waals surface area contributed by atoms with Crippen molar-refractivity contribution in [3.05, 3.63) is 59.1 Å². The maximum Gasteiger partial charge on any atom is 0.327 e. The highest BCUT2D eigenvalue weighted by molar-refractivity contribution is 7.92. The van der Waals surface area contributed by atoms with Gasteiger partial charge >= 0.3 is 5.97 Å². The van der Waals surface area contributed by atoms with Crippen LogP contribution < -0.4 is 9.62 Å². The minimum absolute atomic E-state index is 0.347. The number of sulfonamides is 1. The average Bonchev–Trinajstić information content (AvgIpc) is 2.60. The number of amides is 1. The number of aryl methyl sites for hydroxylation is 1. The van der Waals surface area contributed by atoms with Gasteiger partial charge in [0, 0.05) is 0 Å². The Morgan fingerprint density at radius 1 is 1.11 bits per heavy atom. The van der Waals surface area contributed by atoms with E-state index in [-0.39, 0.29) is 0 Å². The maximum atomic E-state index is 12.1. The molecule has 1 amide bonds. The van der Waals surface area contributed by atoms with Crippen LogP contribution in [0.15, 0.2) is 48.5 Å². The van der Waals surface area contributed by atoms with E-state index in [0.717, 1.165) is 10.6 Å². The van der Waals surface area contributed by atoms with E-state index in [1.54, 1.807) is 55.5 Å². The van der Waals surface area contributed by atoms with E-state index in [1.165, 1.54) is 0 Å². The average molecular weight is 411 g/mol. The molecule has 0 aliphatic carbocycles. The molecule has 2 aromatic carbocycles. The van der Waals surface area contributed by atoms with Crippen molar-refractivity contribution in [3.8, 4) is 0 Å². The van der Waals surface area contributed by atoms with Crippen molar-refractivity contribution in [1.29, 1.82) is 0 Å². The molecule has 0 atom stereocenters. The van der Waals surface area contributed by atoms with Crippen molar-refractivity contribution in [3.63, 3.8) is 0 Å². The number of rotatable bonds is 7. The van der Waals surface area contributed by atoms with Crippen molar-refractivity contribution in [2.45, 2.75) is 6.92 Å². The molecule has 0 saturated heterocycles. The van der Waals surface area contributed by atoms with Gasteiger partial charge in [0.2, 0.25) is 10.0 Å². The van der Waals surface area contributed by atoms with Crippen molar-refractivity contribution in [2.75, 3.05) is 29.0 Å². The molecule has 9 heteroatoms. The molecule has 0 spiro atoms. The van der Waals surface area contributed by atoms with Crippen LogP contribution in [0.1, 0.15) is 5.56 Å². The molecule has 0 unspecified atom stereocenters. The third kappa shape index (κ3) is 5.97. The fourth-order valence-corrected chi connectivity index (χ4v) is 3.37. The molecule has 0 aromatic heterocycles. The van der Waals surface area contributed by atoms with E-state index in [0.29, 0.717) is 22.0 Å². The zero-order valence-electron chi connectivity index (χ0n) is 14.8. The van der Waals surface area contributed by atoms with E-state index < -0.39 is 35.1 Å². The Bertz CT molecular complexity index is 946. The van der Waals surface area contributed by atoms with Crippen LogP contribution in [0.5, 0.6) is 0 Å². The van der Waals surface area contributed by atoms with Gasteiger partial charge in [-0.2, -0.15) is 0 Å². The van der Waals surface area contributed by atoms with Gasteiger partial charge in [0.25, 0.3) is 5.91 Å². The standard InChI is InChI=1S/C18H19ClN2O5S/c1-13-7-3-6-10-16(13)21(27(2,24)25)11-18(23)26-12-17(22)20-15-9-5-4-8-14(15)19/h3-10H,11-12H2,1-2H3,(H,20,22). The number of para-hydroxylation sites is 2. The molecular weight excluding hydrogens is 392 g/mol. The van der Waals surface area contributed by atoms with Crippen molar-refractivity contribution in [1.82, 2.24) is 0 Å². The summed E-state index contributed by atoms with van der Waals surface area (Å²) in [5.41, 5.74) is 1.45. The lowest BCUT2D eigenvalue weighted by molar-refractivity contribution is -0.145. The molecule has 0 bridgehead atoms. The van der Waals surface area contributed by atoms with Crippen molar-refractivity contribution < 1.29 is 22.7 Å². The first-order chi connectivity index (χ1) is 12.7. The Balaban J connectivity index is 1.99. The number of carbonyl (C=O) groups excluding carboxylic acids is 2. The lowest BCUT2D eigenvalue weighted by Crippen LogP contribution is -2.37. The summed E-state index contributed by atoms with van der Waals surface area (Å²) in [7, 11) is -3.71. The number of nitrogens with one attached hydrogen (secondary N) is 1. The molecular formula is C18H19ClN2O5S. The molecule has 144 valence electrons. The summed E-state index contributed by atoms with van der Waals surface area (Å²) in [5.74, 6) is -1.43. The van der Waals surface area contributed by atoms with E-state index in [4.69, 9.17) is 16.3 Å². The van der Waals surface area contributed by atoms with Crippen LogP contribution in [0.3, 0.4) is 0 Å². The van der Waals surface area contributed by atoms with Gasteiger partial charge in [-0.05, 0) is 30.7 Å². The van der Waals surface area contributed by atoms with E-state index >= 15 is 0 Å². The second-order valence-corrected chi connectivity index (χ2v) is 8.06. The maximum absolute atomic E-state index is 12.1. The summed E-state index contributed by atoms with van der Waals surface area (Å²) < 4.78 is 30.0. The van der Waals surface area contributed by atoms with Crippen LogP contribution in [0.2, 0.25) is 5.02 Å².